The SMILES string of the molecule is CCC(SC1=NCCS1)C(=O)Nc1nnc(-c2ccc(F)cc2)s1. The van der Waals surface area contributed by atoms with Crippen LogP contribution < -0.4 is 5.32 Å². The van der Waals surface area contributed by atoms with Crippen LogP contribution in [0.4, 0.5) is 9.52 Å². The van der Waals surface area contributed by atoms with Crippen LogP contribution in [0.3, 0.4) is 0 Å². The molecule has 9 heteroatoms. The minimum Gasteiger partial charge on any atom is -0.300 e. The van der Waals surface area contributed by atoms with Crippen LogP contribution in [0.2, 0.25) is 0 Å². The zero-order valence-corrected chi connectivity index (χ0v) is 15.3. The molecule has 1 N–H and O–H groups in total. The van der Waals surface area contributed by atoms with Crippen molar-refractivity contribution >= 4 is 50.3 Å². The molecule has 1 unspecified atom stereocenters. The number of thioether (sulfide) groups is 2. The Hall–Kier alpha value is -1.45. The Morgan fingerprint density at radius 2 is 2.17 bits per heavy atom. The summed E-state index contributed by atoms with van der Waals surface area (Å²) in [5.74, 6) is 0.587. The molecule has 0 aliphatic carbocycles. The van der Waals surface area contributed by atoms with Crippen molar-refractivity contribution in [2.75, 3.05) is 17.6 Å². The number of anilines is 1. The third-order valence-corrected chi connectivity index (χ3v) is 6.67. The van der Waals surface area contributed by atoms with Crippen molar-refractivity contribution in [3.05, 3.63) is 30.1 Å². The summed E-state index contributed by atoms with van der Waals surface area (Å²) in [6.45, 7) is 2.80. The fourth-order valence-electron chi connectivity index (χ4n) is 2.00. The van der Waals surface area contributed by atoms with Crippen LogP contribution in [-0.2, 0) is 4.79 Å². The highest BCUT2D eigenvalue weighted by Crippen LogP contribution is 2.30. The molecule has 0 saturated carbocycles. The molecule has 1 atom stereocenters. The van der Waals surface area contributed by atoms with Crippen LogP contribution in [-0.4, -0.2) is 38.0 Å². The van der Waals surface area contributed by atoms with E-state index < -0.39 is 0 Å². The van der Waals surface area contributed by atoms with Gasteiger partial charge < -0.3 is 0 Å². The van der Waals surface area contributed by atoms with Gasteiger partial charge in [0.2, 0.25) is 11.0 Å². The summed E-state index contributed by atoms with van der Waals surface area (Å²) < 4.78 is 13.9. The zero-order chi connectivity index (χ0) is 16.9. The molecule has 1 amide bonds. The lowest BCUT2D eigenvalue weighted by Gasteiger charge is -2.12. The summed E-state index contributed by atoms with van der Waals surface area (Å²) in [7, 11) is 0. The van der Waals surface area contributed by atoms with Gasteiger partial charge in [-0.1, -0.05) is 41.8 Å². The number of hydrogen-bond donors (Lipinski definition) is 1. The molecule has 3 rings (SSSR count). The minimum absolute atomic E-state index is 0.0977. The molecule has 5 nitrogen and oxygen atoms in total. The number of benzene rings is 1. The maximum atomic E-state index is 13.0. The van der Waals surface area contributed by atoms with Crippen LogP contribution in [0.1, 0.15) is 13.3 Å². The summed E-state index contributed by atoms with van der Waals surface area (Å²) in [4.78, 5) is 16.8. The highest BCUT2D eigenvalue weighted by atomic mass is 32.2. The van der Waals surface area contributed by atoms with E-state index in [1.54, 1.807) is 23.9 Å². The topological polar surface area (TPSA) is 67.2 Å². The van der Waals surface area contributed by atoms with Crippen molar-refractivity contribution in [2.24, 2.45) is 4.99 Å². The molecule has 1 aromatic heterocycles. The Balaban J connectivity index is 1.64. The third kappa shape index (κ3) is 4.34. The number of nitrogens with zero attached hydrogens (tertiary/aromatic N) is 3. The first-order chi connectivity index (χ1) is 11.7. The van der Waals surface area contributed by atoms with Gasteiger partial charge in [0.25, 0.3) is 0 Å². The van der Waals surface area contributed by atoms with Crippen molar-refractivity contribution in [3.63, 3.8) is 0 Å². The van der Waals surface area contributed by atoms with Crippen molar-refractivity contribution < 1.29 is 9.18 Å². The lowest BCUT2D eigenvalue weighted by molar-refractivity contribution is -0.115. The number of amides is 1. The van der Waals surface area contributed by atoms with Crippen molar-refractivity contribution in [1.29, 1.82) is 0 Å². The summed E-state index contributed by atoms with van der Waals surface area (Å²) in [5, 5.41) is 11.8. The molecule has 0 spiro atoms. The smallest absolute Gasteiger partial charge is 0.239 e. The van der Waals surface area contributed by atoms with Crippen molar-refractivity contribution in [1.82, 2.24) is 10.2 Å². The largest absolute Gasteiger partial charge is 0.300 e. The van der Waals surface area contributed by atoms with Gasteiger partial charge >= 0.3 is 0 Å². The van der Waals surface area contributed by atoms with E-state index in [1.807, 2.05) is 6.92 Å². The lowest BCUT2D eigenvalue weighted by atomic mass is 10.2. The zero-order valence-electron chi connectivity index (χ0n) is 12.9. The number of nitrogens with one attached hydrogen (secondary N) is 1. The lowest BCUT2D eigenvalue weighted by Crippen LogP contribution is -2.25. The number of halogens is 1. The van der Waals surface area contributed by atoms with E-state index in [1.165, 1.54) is 35.2 Å². The van der Waals surface area contributed by atoms with Crippen LogP contribution in [0.25, 0.3) is 10.6 Å². The van der Waals surface area contributed by atoms with Gasteiger partial charge in [-0.25, -0.2) is 4.39 Å². The van der Waals surface area contributed by atoms with Crippen molar-refractivity contribution in [3.8, 4) is 10.6 Å². The number of carbonyl (C=O) groups excluding carboxylic acids is 1. The molecule has 0 saturated heterocycles. The summed E-state index contributed by atoms with van der Waals surface area (Å²) in [6, 6.07) is 6.03. The molecule has 126 valence electrons. The van der Waals surface area contributed by atoms with E-state index >= 15 is 0 Å². The molecule has 1 aliphatic rings. The minimum atomic E-state index is -0.299. The molecule has 0 radical (unpaired) electrons. The van der Waals surface area contributed by atoms with Crippen LogP contribution in [0.5, 0.6) is 0 Å². The number of aliphatic imine (C=N–C) groups is 1. The highest BCUT2D eigenvalue weighted by molar-refractivity contribution is 8.39. The van der Waals surface area contributed by atoms with Crippen LogP contribution in [0.15, 0.2) is 29.3 Å². The molecule has 2 heterocycles. The summed E-state index contributed by atoms with van der Waals surface area (Å²) in [6.07, 6.45) is 0.708. The molecule has 24 heavy (non-hydrogen) atoms. The van der Waals surface area contributed by atoms with Gasteiger partial charge in [0, 0.05) is 11.3 Å². The van der Waals surface area contributed by atoms with E-state index in [9.17, 15) is 9.18 Å². The van der Waals surface area contributed by atoms with Gasteiger partial charge in [-0.15, -0.1) is 10.2 Å². The second-order valence-electron chi connectivity index (χ2n) is 4.92. The first-order valence-electron chi connectivity index (χ1n) is 7.40. The Kier molecular flexibility index (Phi) is 5.85. The Labute approximate surface area is 151 Å². The van der Waals surface area contributed by atoms with Crippen LogP contribution >= 0.6 is 34.9 Å². The normalized spacial score (nSPS) is 15.2. The highest BCUT2D eigenvalue weighted by Gasteiger charge is 2.22. The first-order valence-corrected chi connectivity index (χ1v) is 10.1. The first kappa shape index (κ1) is 17.4. The fourth-order valence-corrected chi connectivity index (χ4v) is 4.90. The van der Waals surface area contributed by atoms with E-state index in [0.717, 1.165) is 22.2 Å². The number of aromatic nitrogens is 2. The molecule has 0 bridgehead atoms. The predicted molar refractivity (Wildman–Crippen MR) is 100 cm³/mol. The van der Waals surface area contributed by atoms with E-state index in [2.05, 4.69) is 20.5 Å². The Morgan fingerprint density at radius 3 is 2.83 bits per heavy atom. The molecular formula is C15H15FN4OS3. The summed E-state index contributed by atoms with van der Waals surface area (Å²) >= 11 is 4.46. The van der Waals surface area contributed by atoms with E-state index in [-0.39, 0.29) is 17.0 Å². The quantitative estimate of drug-likeness (QED) is 0.849. The maximum Gasteiger partial charge on any atom is 0.239 e. The molecule has 1 aliphatic heterocycles. The second-order valence-corrected chi connectivity index (χ2v) is 8.43. The molecule has 0 fully saturated rings. The fraction of sp³-hybridized carbons (Fsp3) is 0.333. The maximum absolute atomic E-state index is 13.0. The molecule has 1 aromatic carbocycles. The van der Waals surface area contributed by atoms with Crippen LogP contribution in [0, 0.1) is 5.82 Å². The van der Waals surface area contributed by atoms with Gasteiger partial charge in [0.05, 0.1) is 11.8 Å². The van der Waals surface area contributed by atoms with Gasteiger partial charge in [0.1, 0.15) is 15.2 Å². The van der Waals surface area contributed by atoms with E-state index in [0.29, 0.717) is 16.6 Å². The van der Waals surface area contributed by atoms with Gasteiger partial charge in [-0.2, -0.15) is 0 Å². The number of carbonyl (C=O) groups is 1. The number of hydrogen-bond acceptors (Lipinski definition) is 7. The van der Waals surface area contributed by atoms with Gasteiger partial charge in [-0.3, -0.25) is 15.1 Å². The average Bonchev–Trinajstić information content (AvgIpc) is 3.25. The number of rotatable bonds is 5. The van der Waals surface area contributed by atoms with Gasteiger partial charge in [-0.05, 0) is 30.7 Å². The second kappa shape index (κ2) is 8.09. The summed E-state index contributed by atoms with van der Waals surface area (Å²) in [5.41, 5.74) is 0.771. The standard InChI is InChI=1S/C15H15FN4OS3/c1-2-11(23-15-17-7-8-22-15)12(21)18-14-20-19-13(24-14)9-3-5-10(16)6-4-9/h3-6,11H,2,7-8H2,1H3,(H,18,20,21). The van der Waals surface area contributed by atoms with Crippen molar-refractivity contribution in [2.45, 2.75) is 18.6 Å². The molecular weight excluding hydrogens is 367 g/mol. The Morgan fingerprint density at radius 1 is 1.38 bits per heavy atom. The monoisotopic (exact) mass is 382 g/mol. The van der Waals surface area contributed by atoms with E-state index in [4.69, 9.17) is 0 Å². The third-order valence-electron chi connectivity index (χ3n) is 3.21. The Bertz CT molecular complexity index is 747. The molecule has 2 aromatic rings. The van der Waals surface area contributed by atoms with Gasteiger partial charge in [0.15, 0.2) is 0 Å². The predicted octanol–water partition coefficient (Wildman–Crippen LogP) is 3.90. The average molecular weight is 383 g/mol.